The largest absolute Gasteiger partial charge is 0.378 e. The molecule has 0 atom stereocenters. The van der Waals surface area contributed by atoms with Crippen molar-refractivity contribution >= 4 is 5.69 Å². The van der Waals surface area contributed by atoms with Crippen molar-refractivity contribution in [3.63, 3.8) is 0 Å². The molecular weight excluding hydrogens is 236 g/mol. The van der Waals surface area contributed by atoms with Crippen molar-refractivity contribution in [3.8, 4) is 0 Å². The summed E-state index contributed by atoms with van der Waals surface area (Å²) >= 11 is 0. The maximum Gasteiger partial charge on any atom is 0.319 e. The SMILES string of the molecule is CCc1cccc(NCc2nccn2C(F)F)c1. The molecule has 0 saturated heterocycles. The number of hydrogen-bond acceptors (Lipinski definition) is 2. The van der Waals surface area contributed by atoms with Gasteiger partial charge in [0.1, 0.15) is 5.82 Å². The van der Waals surface area contributed by atoms with E-state index in [-0.39, 0.29) is 6.54 Å². The average Bonchev–Trinajstić information content (AvgIpc) is 2.85. The Hall–Kier alpha value is -1.91. The monoisotopic (exact) mass is 251 g/mol. The molecule has 0 aliphatic heterocycles. The fourth-order valence-electron chi connectivity index (χ4n) is 1.74. The number of hydrogen-bond donors (Lipinski definition) is 1. The Balaban J connectivity index is 2.04. The van der Waals surface area contributed by atoms with Gasteiger partial charge in [0.05, 0.1) is 6.54 Å². The molecule has 2 rings (SSSR count). The van der Waals surface area contributed by atoms with Gasteiger partial charge in [-0.1, -0.05) is 19.1 Å². The highest BCUT2D eigenvalue weighted by Crippen LogP contribution is 2.15. The van der Waals surface area contributed by atoms with E-state index in [0.29, 0.717) is 5.82 Å². The summed E-state index contributed by atoms with van der Waals surface area (Å²) in [4.78, 5) is 3.92. The molecule has 0 spiro atoms. The van der Waals surface area contributed by atoms with E-state index in [1.54, 1.807) is 0 Å². The zero-order valence-electron chi connectivity index (χ0n) is 10.1. The summed E-state index contributed by atoms with van der Waals surface area (Å²) in [6, 6.07) is 7.90. The summed E-state index contributed by atoms with van der Waals surface area (Å²) in [5.74, 6) is 0.326. The van der Waals surface area contributed by atoms with Crippen LogP contribution in [0.5, 0.6) is 0 Å². The third-order valence-electron chi connectivity index (χ3n) is 2.75. The van der Waals surface area contributed by atoms with Crippen LogP contribution in [0.1, 0.15) is 24.9 Å². The first-order valence-corrected chi connectivity index (χ1v) is 5.83. The van der Waals surface area contributed by atoms with Gasteiger partial charge in [-0.3, -0.25) is 4.57 Å². The molecule has 0 aliphatic carbocycles. The molecule has 1 N–H and O–H groups in total. The maximum atomic E-state index is 12.6. The number of alkyl halides is 2. The number of nitrogens with zero attached hydrogens (tertiary/aromatic N) is 2. The van der Waals surface area contributed by atoms with Gasteiger partial charge in [0.15, 0.2) is 0 Å². The Morgan fingerprint density at radius 1 is 1.39 bits per heavy atom. The van der Waals surface area contributed by atoms with Gasteiger partial charge in [-0.25, -0.2) is 4.98 Å². The van der Waals surface area contributed by atoms with Crippen molar-refractivity contribution in [2.45, 2.75) is 26.4 Å². The van der Waals surface area contributed by atoms with E-state index in [1.807, 2.05) is 24.3 Å². The summed E-state index contributed by atoms with van der Waals surface area (Å²) in [6.07, 6.45) is 3.61. The molecule has 3 nitrogen and oxygen atoms in total. The van der Waals surface area contributed by atoms with Gasteiger partial charge in [-0.15, -0.1) is 0 Å². The zero-order chi connectivity index (χ0) is 13.0. The van der Waals surface area contributed by atoms with Crippen molar-refractivity contribution in [1.29, 1.82) is 0 Å². The highest BCUT2D eigenvalue weighted by molar-refractivity contribution is 5.45. The molecule has 0 unspecified atom stereocenters. The van der Waals surface area contributed by atoms with Gasteiger partial charge >= 0.3 is 6.55 Å². The summed E-state index contributed by atoms with van der Waals surface area (Å²) in [7, 11) is 0. The normalized spacial score (nSPS) is 10.9. The Morgan fingerprint density at radius 2 is 2.22 bits per heavy atom. The van der Waals surface area contributed by atoms with E-state index in [0.717, 1.165) is 16.7 Å². The smallest absolute Gasteiger partial charge is 0.319 e. The second kappa shape index (κ2) is 5.62. The number of aromatic nitrogens is 2. The first-order valence-electron chi connectivity index (χ1n) is 5.83. The Kier molecular flexibility index (Phi) is 3.92. The van der Waals surface area contributed by atoms with E-state index in [4.69, 9.17) is 0 Å². The van der Waals surface area contributed by atoms with Gasteiger partial charge < -0.3 is 5.32 Å². The minimum absolute atomic E-state index is 0.282. The third kappa shape index (κ3) is 2.85. The standard InChI is InChI=1S/C13H15F2N3/c1-2-10-4-3-5-11(8-10)17-9-12-16-6-7-18(12)13(14)15/h3-8,13,17H,2,9H2,1H3. The first kappa shape index (κ1) is 12.5. The van der Waals surface area contributed by atoms with Gasteiger partial charge in [0, 0.05) is 18.1 Å². The Bertz CT molecular complexity index is 508. The number of benzene rings is 1. The molecule has 1 aromatic carbocycles. The first-order chi connectivity index (χ1) is 8.70. The predicted octanol–water partition coefficient (Wildman–Crippen LogP) is 3.45. The molecule has 0 saturated carbocycles. The van der Waals surface area contributed by atoms with E-state index < -0.39 is 6.55 Å². The van der Waals surface area contributed by atoms with Crippen LogP contribution in [0.4, 0.5) is 14.5 Å². The molecule has 0 fully saturated rings. The highest BCUT2D eigenvalue weighted by atomic mass is 19.3. The van der Waals surface area contributed by atoms with Crippen LogP contribution in [-0.4, -0.2) is 9.55 Å². The molecule has 18 heavy (non-hydrogen) atoms. The molecule has 0 bridgehead atoms. The second-order valence-corrected chi connectivity index (χ2v) is 3.94. The molecule has 0 aliphatic rings. The van der Waals surface area contributed by atoms with E-state index in [1.165, 1.54) is 18.0 Å². The maximum absolute atomic E-state index is 12.6. The van der Waals surface area contributed by atoms with Crippen LogP contribution in [0.3, 0.4) is 0 Å². The fraction of sp³-hybridized carbons (Fsp3) is 0.308. The quantitative estimate of drug-likeness (QED) is 0.882. The average molecular weight is 251 g/mol. The van der Waals surface area contributed by atoms with Crippen LogP contribution in [0, 0.1) is 0 Å². The lowest BCUT2D eigenvalue weighted by atomic mass is 10.1. The number of nitrogens with one attached hydrogen (secondary N) is 1. The van der Waals surface area contributed by atoms with Crippen LogP contribution in [0.15, 0.2) is 36.7 Å². The summed E-state index contributed by atoms with van der Waals surface area (Å²) in [5, 5.41) is 3.10. The summed E-state index contributed by atoms with van der Waals surface area (Å²) < 4.78 is 26.1. The third-order valence-corrected chi connectivity index (χ3v) is 2.75. The van der Waals surface area contributed by atoms with Crippen molar-refractivity contribution in [1.82, 2.24) is 9.55 Å². The van der Waals surface area contributed by atoms with Crippen LogP contribution < -0.4 is 5.32 Å². The van der Waals surface area contributed by atoms with Crippen molar-refractivity contribution in [2.24, 2.45) is 0 Å². The van der Waals surface area contributed by atoms with Gasteiger partial charge in [0.2, 0.25) is 0 Å². The van der Waals surface area contributed by atoms with E-state index in [2.05, 4.69) is 17.2 Å². The zero-order valence-corrected chi connectivity index (χ0v) is 10.1. The number of halogens is 2. The minimum atomic E-state index is -2.55. The molecule has 0 amide bonds. The summed E-state index contributed by atoms with van der Waals surface area (Å²) in [5.41, 5.74) is 2.12. The molecule has 0 radical (unpaired) electrons. The lowest BCUT2D eigenvalue weighted by Crippen LogP contribution is -2.09. The lowest BCUT2D eigenvalue weighted by molar-refractivity contribution is 0.0673. The van der Waals surface area contributed by atoms with Gasteiger partial charge in [-0.05, 0) is 24.1 Å². The second-order valence-electron chi connectivity index (χ2n) is 3.94. The van der Waals surface area contributed by atoms with Gasteiger partial charge in [0.25, 0.3) is 0 Å². The van der Waals surface area contributed by atoms with Crippen LogP contribution in [0.2, 0.25) is 0 Å². The fourth-order valence-corrected chi connectivity index (χ4v) is 1.74. The molecule has 5 heteroatoms. The Labute approximate surface area is 104 Å². The predicted molar refractivity (Wildman–Crippen MR) is 66.6 cm³/mol. The molecular formula is C13H15F2N3. The molecule has 96 valence electrons. The van der Waals surface area contributed by atoms with Crippen molar-refractivity contribution in [2.75, 3.05) is 5.32 Å². The van der Waals surface area contributed by atoms with Crippen LogP contribution >= 0.6 is 0 Å². The van der Waals surface area contributed by atoms with E-state index in [9.17, 15) is 8.78 Å². The summed E-state index contributed by atoms with van der Waals surface area (Å²) in [6.45, 7) is -0.195. The molecule has 2 aromatic rings. The van der Waals surface area contributed by atoms with Crippen molar-refractivity contribution in [3.05, 3.63) is 48.0 Å². The molecule has 1 heterocycles. The molecule has 1 aromatic heterocycles. The van der Waals surface area contributed by atoms with Crippen LogP contribution in [0.25, 0.3) is 0 Å². The number of rotatable bonds is 5. The number of imidazole rings is 1. The lowest BCUT2D eigenvalue weighted by Gasteiger charge is -2.09. The topological polar surface area (TPSA) is 29.9 Å². The van der Waals surface area contributed by atoms with Crippen molar-refractivity contribution < 1.29 is 8.78 Å². The minimum Gasteiger partial charge on any atom is -0.378 e. The number of anilines is 1. The van der Waals surface area contributed by atoms with E-state index >= 15 is 0 Å². The van der Waals surface area contributed by atoms with Gasteiger partial charge in [-0.2, -0.15) is 8.78 Å². The highest BCUT2D eigenvalue weighted by Gasteiger charge is 2.10. The van der Waals surface area contributed by atoms with Crippen LogP contribution in [-0.2, 0) is 13.0 Å². The Morgan fingerprint density at radius 3 is 2.94 bits per heavy atom. The number of aryl methyl sites for hydroxylation is 1.